The van der Waals surface area contributed by atoms with Crippen LogP contribution in [0.2, 0.25) is 10.0 Å². The largest absolute Gasteiger partial charge is 0.385 e. The molecule has 0 spiro atoms. The summed E-state index contributed by atoms with van der Waals surface area (Å²) in [5, 5.41) is 8.45. The van der Waals surface area contributed by atoms with Gasteiger partial charge < -0.3 is 5.32 Å². The summed E-state index contributed by atoms with van der Waals surface area (Å²) in [6, 6.07) is 13.3. The minimum Gasteiger partial charge on any atom is -0.385 e. The highest BCUT2D eigenvalue weighted by Crippen LogP contribution is 2.21. The van der Waals surface area contributed by atoms with Crippen LogP contribution in [0, 0.1) is 6.92 Å². The van der Waals surface area contributed by atoms with E-state index >= 15 is 0 Å². The molecule has 2 N–H and O–H groups in total. The quantitative estimate of drug-likeness (QED) is 0.403. The second kappa shape index (κ2) is 9.44. The second-order valence-electron chi connectivity index (χ2n) is 5.75. The van der Waals surface area contributed by atoms with Crippen LogP contribution in [-0.4, -0.2) is 18.2 Å². The molecule has 2 rings (SSSR count). The third-order valence-electron chi connectivity index (χ3n) is 3.63. The highest BCUT2D eigenvalue weighted by Gasteiger charge is 2.06. The third-order valence-corrected chi connectivity index (χ3v) is 4.18. The van der Waals surface area contributed by atoms with Gasteiger partial charge in [-0.3, -0.25) is 4.79 Å². The van der Waals surface area contributed by atoms with Crippen LogP contribution >= 0.6 is 23.2 Å². The number of hydrazone groups is 1. The number of aryl methyl sites for hydroxylation is 1. The average Bonchev–Trinajstić information content (AvgIpc) is 2.58. The van der Waals surface area contributed by atoms with E-state index in [1.165, 1.54) is 5.56 Å². The molecule has 0 aromatic heterocycles. The van der Waals surface area contributed by atoms with E-state index in [1.807, 2.05) is 19.1 Å². The zero-order valence-electron chi connectivity index (χ0n) is 14.3. The number of nitrogens with one attached hydrogen (secondary N) is 2. The first-order chi connectivity index (χ1) is 12.0. The molecule has 0 aliphatic heterocycles. The van der Waals surface area contributed by atoms with E-state index in [2.05, 4.69) is 28.0 Å². The monoisotopic (exact) mass is 377 g/mol. The van der Waals surface area contributed by atoms with Crippen molar-refractivity contribution in [2.45, 2.75) is 26.7 Å². The predicted molar refractivity (Wildman–Crippen MR) is 106 cm³/mol. The Kier molecular flexibility index (Phi) is 7.29. The molecule has 25 heavy (non-hydrogen) atoms. The van der Waals surface area contributed by atoms with Crippen molar-refractivity contribution in [3.63, 3.8) is 0 Å². The molecule has 4 nitrogen and oxygen atoms in total. The summed E-state index contributed by atoms with van der Waals surface area (Å²) in [6.45, 7) is 4.56. The van der Waals surface area contributed by atoms with E-state index in [1.54, 1.807) is 25.1 Å². The van der Waals surface area contributed by atoms with Crippen molar-refractivity contribution in [2.75, 3.05) is 11.9 Å². The lowest BCUT2D eigenvalue weighted by Gasteiger charge is -2.07. The minimum atomic E-state index is -0.129. The van der Waals surface area contributed by atoms with Crippen LogP contribution in [0.5, 0.6) is 0 Å². The minimum absolute atomic E-state index is 0.129. The van der Waals surface area contributed by atoms with Gasteiger partial charge in [0.25, 0.3) is 0 Å². The predicted octanol–water partition coefficient (Wildman–Crippen LogP) is 5.03. The molecule has 0 fully saturated rings. The van der Waals surface area contributed by atoms with Crippen molar-refractivity contribution < 1.29 is 4.79 Å². The number of anilines is 1. The summed E-state index contributed by atoms with van der Waals surface area (Å²) in [4.78, 5) is 11.9. The Hall–Kier alpha value is -2.04. The molecule has 2 aromatic rings. The number of carbonyl (C=O) groups excluding carboxylic acids is 1. The maximum absolute atomic E-state index is 11.9. The Bertz CT molecular complexity index is 758. The van der Waals surface area contributed by atoms with Gasteiger partial charge in [0.05, 0.1) is 10.7 Å². The van der Waals surface area contributed by atoms with Crippen LogP contribution < -0.4 is 10.7 Å². The van der Waals surface area contributed by atoms with Gasteiger partial charge in [0.1, 0.15) is 0 Å². The molecule has 0 radical (unpaired) electrons. The van der Waals surface area contributed by atoms with Gasteiger partial charge in [-0.25, -0.2) is 5.43 Å². The van der Waals surface area contributed by atoms with Gasteiger partial charge in [0.15, 0.2) is 0 Å². The molecule has 0 heterocycles. The van der Waals surface area contributed by atoms with Crippen LogP contribution in [0.25, 0.3) is 0 Å². The van der Waals surface area contributed by atoms with Gasteiger partial charge in [0.2, 0.25) is 5.91 Å². The highest BCUT2D eigenvalue weighted by molar-refractivity contribution is 6.37. The van der Waals surface area contributed by atoms with E-state index in [0.29, 0.717) is 22.2 Å². The zero-order valence-corrected chi connectivity index (χ0v) is 15.8. The molecule has 0 saturated heterocycles. The summed E-state index contributed by atoms with van der Waals surface area (Å²) in [6.07, 6.45) is 1.11. The molecular formula is C19H21Cl2N3O. The Morgan fingerprint density at radius 3 is 2.52 bits per heavy atom. The van der Waals surface area contributed by atoms with Crippen molar-refractivity contribution in [2.24, 2.45) is 5.10 Å². The van der Waals surface area contributed by atoms with Crippen LogP contribution in [0.15, 0.2) is 47.6 Å². The smallest absolute Gasteiger partial charge is 0.240 e. The van der Waals surface area contributed by atoms with Crippen molar-refractivity contribution in [3.8, 4) is 0 Å². The summed E-state index contributed by atoms with van der Waals surface area (Å²) < 4.78 is 0. The topological polar surface area (TPSA) is 53.5 Å². The van der Waals surface area contributed by atoms with Gasteiger partial charge in [-0.1, -0.05) is 47.0 Å². The molecule has 0 bridgehead atoms. The van der Waals surface area contributed by atoms with Crippen molar-refractivity contribution in [3.05, 3.63) is 63.6 Å². The molecular weight excluding hydrogens is 357 g/mol. The number of nitrogens with zero attached hydrogens (tertiary/aromatic N) is 1. The van der Waals surface area contributed by atoms with Gasteiger partial charge in [0, 0.05) is 29.2 Å². The Morgan fingerprint density at radius 2 is 1.84 bits per heavy atom. The Balaban J connectivity index is 1.75. The summed E-state index contributed by atoms with van der Waals surface area (Å²) in [5.74, 6) is -0.129. The molecule has 1 amide bonds. The van der Waals surface area contributed by atoms with Crippen molar-refractivity contribution >= 4 is 40.5 Å². The number of hydrogen-bond donors (Lipinski definition) is 2. The summed E-state index contributed by atoms with van der Waals surface area (Å²) in [5.41, 5.74) is 6.21. The molecule has 0 aliphatic rings. The lowest BCUT2D eigenvalue weighted by Crippen LogP contribution is -2.20. The fourth-order valence-corrected chi connectivity index (χ4v) is 2.74. The maximum atomic E-state index is 11.9. The fourth-order valence-electron chi connectivity index (χ4n) is 2.20. The van der Waals surface area contributed by atoms with Crippen LogP contribution in [0.3, 0.4) is 0 Å². The number of rotatable bonds is 7. The van der Waals surface area contributed by atoms with E-state index in [-0.39, 0.29) is 5.91 Å². The lowest BCUT2D eigenvalue weighted by molar-refractivity contribution is -0.121. The number of halogens is 2. The average molecular weight is 378 g/mol. The first kappa shape index (κ1) is 19.3. The lowest BCUT2D eigenvalue weighted by atomic mass is 10.1. The van der Waals surface area contributed by atoms with E-state index in [9.17, 15) is 4.79 Å². The molecule has 132 valence electrons. The second-order valence-corrected chi connectivity index (χ2v) is 6.60. The molecule has 0 saturated carbocycles. The van der Waals surface area contributed by atoms with E-state index in [4.69, 9.17) is 23.2 Å². The highest BCUT2D eigenvalue weighted by atomic mass is 35.5. The normalized spacial score (nSPS) is 11.3. The Labute approximate surface area is 158 Å². The van der Waals surface area contributed by atoms with Gasteiger partial charge >= 0.3 is 0 Å². The number of hydrogen-bond acceptors (Lipinski definition) is 3. The first-order valence-electron chi connectivity index (χ1n) is 8.05. The van der Waals surface area contributed by atoms with Gasteiger partial charge in [-0.05, 0) is 44.5 Å². The molecule has 0 aliphatic carbocycles. The first-order valence-corrected chi connectivity index (χ1v) is 8.80. The standard InChI is InChI=1S/C19H21Cl2N3O/c1-13-5-8-16(9-6-13)22-11-3-4-19(25)24-23-14(2)17-10-7-15(20)12-18(17)21/h5-10,12,22H,3-4,11H2,1-2H3,(H,24,25). The maximum Gasteiger partial charge on any atom is 0.240 e. The third kappa shape index (κ3) is 6.40. The number of amides is 1. The molecule has 2 aromatic carbocycles. The SMILES string of the molecule is CC(=NNC(=O)CCCNc1ccc(C)cc1)c1ccc(Cl)cc1Cl. The molecule has 0 atom stereocenters. The number of carbonyl (C=O) groups is 1. The van der Waals surface area contributed by atoms with E-state index in [0.717, 1.165) is 24.2 Å². The molecule has 0 unspecified atom stereocenters. The Morgan fingerprint density at radius 1 is 1.12 bits per heavy atom. The van der Waals surface area contributed by atoms with Gasteiger partial charge in [-0.2, -0.15) is 5.10 Å². The van der Waals surface area contributed by atoms with Gasteiger partial charge in [-0.15, -0.1) is 0 Å². The van der Waals surface area contributed by atoms with Crippen LogP contribution in [0.1, 0.15) is 30.9 Å². The van der Waals surface area contributed by atoms with Crippen LogP contribution in [-0.2, 0) is 4.79 Å². The van der Waals surface area contributed by atoms with Crippen molar-refractivity contribution in [1.82, 2.24) is 5.43 Å². The van der Waals surface area contributed by atoms with Crippen molar-refractivity contribution in [1.29, 1.82) is 0 Å². The summed E-state index contributed by atoms with van der Waals surface area (Å²) >= 11 is 12.0. The van der Waals surface area contributed by atoms with E-state index < -0.39 is 0 Å². The zero-order chi connectivity index (χ0) is 18.2. The fraction of sp³-hybridized carbons (Fsp3) is 0.263. The number of benzene rings is 2. The van der Waals surface area contributed by atoms with Crippen LogP contribution in [0.4, 0.5) is 5.69 Å². The molecule has 6 heteroatoms. The summed E-state index contributed by atoms with van der Waals surface area (Å²) in [7, 11) is 0.